The number of halogens is 2. The molecule has 2 aliphatic rings. The first-order valence-corrected chi connectivity index (χ1v) is 9.05. The molecule has 0 unspecified atom stereocenters. The van der Waals surface area contributed by atoms with Gasteiger partial charge in [0.2, 0.25) is 0 Å². The molecule has 0 bridgehead atoms. The van der Waals surface area contributed by atoms with Crippen molar-refractivity contribution in [2.45, 2.75) is 38.3 Å². The summed E-state index contributed by atoms with van der Waals surface area (Å²) in [5.41, 5.74) is 2.88. The Hall–Kier alpha value is -1.78. The van der Waals surface area contributed by atoms with Gasteiger partial charge in [0, 0.05) is 24.1 Å². The average Bonchev–Trinajstić information content (AvgIpc) is 3.08. The van der Waals surface area contributed by atoms with Crippen molar-refractivity contribution in [3.63, 3.8) is 0 Å². The zero-order valence-corrected chi connectivity index (χ0v) is 16.3. The highest BCUT2D eigenvalue weighted by atomic mass is 35.5. The zero-order valence-electron chi connectivity index (χ0n) is 15.5. The number of hydrogen-bond acceptors (Lipinski definition) is 3. The van der Waals surface area contributed by atoms with Crippen molar-refractivity contribution in [2.24, 2.45) is 0 Å². The fourth-order valence-electron chi connectivity index (χ4n) is 4.25. The summed E-state index contributed by atoms with van der Waals surface area (Å²) in [4.78, 5) is 2.22. The summed E-state index contributed by atoms with van der Waals surface area (Å²) in [6.45, 7) is 8.88. The Bertz CT molecular complexity index is 795. The van der Waals surface area contributed by atoms with E-state index in [0.717, 1.165) is 42.2 Å². The molecule has 0 saturated heterocycles. The van der Waals surface area contributed by atoms with Crippen LogP contribution in [-0.2, 0) is 5.41 Å². The van der Waals surface area contributed by atoms with E-state index in [4.69, 9.17) is 4.74 Å². The van der Waals surface area contributed by atoms with E-state index < -0.39 is 0 Å². The van der Waals surface area contributed by atoms with Crippen LogP contribution in [0.25, 0.3) is 0 Å². The van der Waals surface area contributed by atoms with Crippen molar-refractivity contribution in [3.8, 4) is 5.75 Å². The van der Waals surface area contributed by atoms with Crippen molar-refractivity contribution in [3.05, 3.63) is 59.4 Å². The third kappa shape index (κ3) is 2.95. The SMILES string of the molecule is CCNC[C@@H]1Oc2ccccc2[C@H]1N1CC(C)(C)c2cccc(F)c21.Cl. The molecule has 2 aliphatic heterocycles. The molecule has 4 rings (SSSR count). The number of anilines is 1. The number of rotatable bonds is 4. The molecule has 2 atom stereocenters. The van der Waals surface area contributed by atoms with Crippen LogP contribution in [0.3, 0.4) is 0 Å². The number of likely N-dealkylation sites (N-methyl/N-ethyl adjacent to an activating group) is 1. The van der Waals surface area contributed by atoms with Gasteiger partial charge >= 0.3 is 0 Å². The second-order valence-corrected chi connectivity index (χ2v) is 7.59. The largest absolute Gasteiger partial charge is 0.486 e. The van der Waals surface area contributed by atoms with Crippen LogP contribution in [0.5, 0.6) is 5.75 Å². The first-order valence-electron chi connectivity index (χ1n) is 9.05. The molecular weight excluding hydrogens is 351 g/mol. The minimum Gasteiger partial charge on any atom is -0.486 e. The lowest BCUT2D eigenvalue weighted by molar-refractivity contribution is 0.198. The number of ether oxygens (including phenoxy) is 1. The molecule has 0 fully saturated rings. The van der Waals surface area contributed by atoms with E-state index in [1.54, 1.807) is 6.07 Å². The third-order valence-corrected chi connectivity index (χ3v) is 5.37. The van der Waals surface area contributed by atoms with Gasteiger partial charge in [0.15, 0.2) is 0 Å². The van der Waals surface area contributed by atoms with Gasteiger partial charge in [-0.2, -0.15) is 0 Å². The lowest BCUT2D eigenvalue weighted by Crippen LogP contribution is -2.42. The van der Waals surface area contributed by atoms with Gasteiger partial charge in [-0.3, -0.25) is 0 Å². The number of fused-ring (bicyclic) bond motifs is 2. The van der Waals surface area contributed by atoms with Gasteiger partial charge in [-0.25, -0.2) is 4.39 Å². The minimum atomic E-state index is -0.144. The molecule has 0 radical (unpaired) electrons. The van der Waals surface area contributed by atoms with Crippen LogP contribution >= 0.6 is 12.4 Å². The summed E-state index contributed by atoms with van der Waals surface area (Å²) < 4.78 is 21.0. The second-order valence-electron chi connectivity index (χ2n) is 7.59. The Morgan fingerprint density at radius 1 is 1.19 bits per heavy atom. The summed E-state index contributed by atoms with van der Waals surface area (Å²) in [5.74, 6) is 0.771. The highest BCUT2D eigenvalue weighted by molar-refractivity contribution is 5.85. The Balaban J connectivity index is 0.00000196. The summed E-state index contributed by atoms with van der Waals surface area (Å²) >= 11 is 0. The standard InChI is InChI=1S/C21H25FN2O.ClH/c1-4-23-12-18-19(14-8-5-6-11-17(14)25-18)24-13-21(2,3)15-9-7-10-16(22)20(15)24;/h5-11,18-19,23H,4,12-13H2,1-3H3;1H/t18-,19+;/m0./s1. The molecule has 2 aromatic carbocycles. The first-order chi connectivity index (χ1) is 12.0. The highest BCUT2D eigenvalue weighted by Crippen LogP contribution is 2.50. The van der Waals surface area contributed by atoms with Crippen LogP contribution in [0.1, 0.15) is 37.9 Å². The van der Waals surface area contributed by atoms with Crippen molar-refractivity contribution in [1.82, 2.24) is 5.32 Å². The highest BCUT2D eigenvalue weighted by Gasteiger charge is 2.46. The van der Waals surface area contributed by atoms with Crippen LogP contribution < -0.4 is 15.0 Å². The molecule has 0 aromatic heterocycles. The quantitative estimate of drug-likeness (QED) is 0.852. The maximum atomic E-state index is 14.8. The van der Waals surface area contributed by atoms with Gasteiger partial charge in [-0.1, -0.05) is 51.1 Å². The van der Waals surface area contributed by atoms with Gasteiger partial charge in [0.05, 0.1) is 11.7 Å². The Morgan fingerprint density at radius 3 is 2.73 bits per heavy atom. The number of benzene rings is 2. The van der Waals surface area contributed by atoms with Gasteiger partial charge in [-0.05, 0) is 24.2 Å². The van der Waals surface area contributed by atoms with Crippen molar-refractivity contribution < 1.29 is 9.13 Å². The Kier molecular flexibility index (Phi) is 5.18. The molecule has 26 heavy (non-hydrogen) atoms. The van der Waals surface area contributed by atoms with Crippen molar-refractivity contribution in [2.75, 3.05) is 24.5 Å². The monoisotopic (exact) mass is 376 g/mol. The maximum Gasteiger partial charge on any atom is 0.146 e. The average molecular weight is 377 g/mol. The summed E-state index contributed by atoms with van der Waals surface area (Å²) in [7, 11) is 0. The van der Waals surface area contributed by atoms with E-state index in [0.29, 0.717) is 0 Å². The van der Waals surface area contributed by atoms with E-state index in [1.165, 1.54) is 0 Å². The van der Waals surface area contributed by atoms with E-state index >= 15 is 0 Å². The van der Waals surface area contributed by atoms with Gasteiger partial charge in [0.1, 0.15) is 17.7 Å². The molecule has 2 heterocycles. The summed E-state index contributed by atoms with van der Waals surface area (Å²) in [5, 5.41) is 3.39. The van der Waals surface area contributed by atoms with E-state index in [2.05, 4.69) is 43.1 Å². The van der Waals surface area contributed by atoms with Crippen molar-refractivity contribution >= 4 is 18.1 Å². The van der Waals surface area contributed by atoms with Crippen LogP contribution in [-0.4, -0.2) is 25.7 Å². The van der Waals surface area contributed by atoms with E-state index in [1.807, 2.05) is 24.3 Å². The van der Waals surface area contributed by atoms with Gasteiger partial charge < -0.3 is 15.0 Å². The molecule has 0 aliphatic carbocycles. The number of nitrogens with one attached hydrogen (secondary N) is 1. The third-order valence-electron chi connectivity index (χ3n) is 5.37. The number of hydrogen-bond donors (Lipinski definition) is 1. The molecule has 140 valence electrons. The van der Waals surface area contributed by atoms with Crippen LogP contribution in [0.15, 0.2) is 42.5 Å². The predicted octanol–water partition coefficient (Wildman–Crippen LogP) is 4.46. The molecule has 1 N–H and O–H groups in total. The normalized spacial score (nSPS) is 22.4. The zero-order chi connectivity index (χ0) is 17.6. The molecule has 5 heteroatoms. The predicted molar refractivity (Wildman–Crippen MR) is 106 cm³/mol. The Morgan fingerprint density at radius 2 is 1.96 bits per heavy atom. The van der Waals surface area contributed by atoms with E-state index in [9.17, 15) is 4.39 Å². The summed E-state index contributed by atoms with van der Waals surface area (Å²) in [6.07, 6.45) is -0.0290. The lowest BCUT2D eigenvalue weighted by atomic mass is 9.87. The second kappa shape index (κ2) is 7.09. The number of para-hydroxylation sites is 2. The maximum absolute atomic E-state index is 14.8. The smallest absolute Gasteiger partial charge is 0.146 e. The van der Waals surface area contributed by atoms with Crippen LogP contribution in [0.2, 0.25) is 0 Å². The summed E-state index contributed by atoms with van der Waals surface area (Å²) in [6, 6.07) is 13.6. The molecule has 0 spiro atoms. The van der Waals surface area contributed by atoms with E-state index in [-0.39, 0.29) is 35.8 Å². The topological polar surface area (TPSA) is 24.5 Å². The fourth-order valence-corrected chi connectivity index (χ4v) is 4.25. The molecule has 3 nitrogen and oxygen atoms in total. The Labute approximate surface area is 161 Å². The molecule has 0 amide bonds. The molecular formula is C21H26ClFN2O. The fraction of sp³-hybridized carbons (Fsp3) is 0.429. The van der Waals surface area contributed by atoms with Gasteiger partial charge in [-0.15, -0.1) is 12.4 Å². The van der Waals surface area contributed by atoms with Crippen LogP contribution in [0, 0.1) is 5.82 Å². The minimum absolute atomic E-state index is 0. The molecule has 0 saturated carbocycles. The van der Waals surface area contributed by atoms with Gasteiger partial charge in [0.25, 0.3) is 0 Å². The lowest BCUT2D eigenvalue weighted by Gasteiger charge is -2.32. The van der Waals surface area contributed by atoms with Crippen molar-refractivity contribution in [1.29, 1.82) is 0 Å². The number of nitrogens with zero attached hydrogens (tertiary/aromatic N) is 1. The first kappa shape index (κ1) is 19.0. The molecule has 2 aromatic rings. The van der Waals surface area contributed by atoms with Crippen LogP contribution in [0.4, 0.5) is 10.1 Å².